The fourth-order valence-electron chi connectivity index (χ4n) is 1.32. The molecule has 1 rings (SSSR count). The van der Waals surface area contributed by atoms with Gasteiger partial charge in [0.25, 0.3) is 0 Å². The van der Waals surface area contributed by atoms with E-state index in [4.69, 9.17) is 4.99 Å². The summed E-state index contributed by atoms with van der Waals surface area (Å²) < 4.78 is 1.39. The third-order valence-electron chi connectivity index (χ3n) is 2.80. The Morgan fingerprint density at radius 1 is 1.07 bits per heavy atom. The van der Waals surface area contributed by atoms with E-state index in [1.165, 1.54) is 20.5 Å². The number of rotatable bonds is 2. The Bertz CT molecular complexity index is 366. The van der Waals surface area contributed by atoms with Gasteiger partial charge in [-0.25, -0.2) is 0 Å². The number of para-hydroxylation sites is 1. The molecule has 0 saturated carbocycles. The van der Waals surface area contributed by atoms with E-state index >= 15 is 0 Å². The van der Waals surface area contributed by atoms with Gasteiger partial charge in [0, 0.05) is 0 Å². The Hall–Kier alpha value is -0.311. The van der Waals surface area contributed by atoms with Crippen molar-refractivity contribution in [3.05, 3.63) is 29.3 Å². The molecule has 0 fully saturated rings. The molecule has 0 aliphatic carbocycles. The zero-order valence-corrected chi connectivity index (χ0v) is 13.5. The molecule has 0 bridgehead atoms. The zero-order valence-electron chi connectivity index (χ0n) is 10.7. The summed E-state index contributed by atoms with van der Waals surface area (Å²) in [4.78, 5) is 12.1. The van der Waals surface area contributed by atoms with Crippen molar-refractivity contribution in [3.63, 3.8) is 0 Å². The molecule has 15 heavy (non-hydrogen) atoms. The van der Waals surface area contributed by atoms with Crippen LogP contribution in [0, 0.1) is 13.8 Å². The first kappa shape index (κ1) is 12.8. The van der Waals surface area contributed by atoms with Gasteiger partial charge in [0.15, 0.2) is 0 Å². The molecule has 0 atom stereocenters. The average Bonchev–Trinajstić information content (AvgIpc) is 2.09. The SMILES string of the molecule is C[C](=Nc1c(C)cccc1C)[Sn]([CH3])([CH3])[CH3]. The van der Waals surface area contributed by atoms with E-state index in [0.29, 0.717) is 0 Å². The van der Waals surface area contributed by atoms with E-state index in [1.54, 1.807) is 0 Å². The maximum absolute atomic E-state index is 4.84. The van der Waals surface area contributed by atoms with Crippen LogP contribution in [0.3, 0.4) is 0 Å². The normalized spacial score (nSPS) is 13.1. The van der Waals surface area contributed by atoms with Crippen LogP contribution in [0.5, 0.6) is 0 Å². The third kappa shape index (κ3) is 3.33. The van der Waals surface area contributed by atoms with Crippen LogP contribution in [-0.2, 0) is 0 Å². The van der Waals surface area contributed by atoms with Gasteiger partial charge >= 0.3 is 97.7 Å². The van der Waals surface area contributed by atoms with Crippen LogP contribution in [-0.4, -0.2) is 22.1 Å². The molecule has 82 valence electrons. The topological polar surface area (TPSA) is 12.4 Å². The summed E-state index contributed by atoms with van der Waals surface area (Å²) in [7, 11) is 0. The van der Waals surface area contributed by atoms with Crippen LogP contribution in [0.1, 0.15) is 18.1 Å². The zero-order chi connectivity index (χ0) is 11.6. The summed E-state index contributed by atoms with van der Waals surface area (Å²) in [5.41, 5.74) is 3.75. The Morgan fingerprint density at radius 3 is 1.93 bits per heavy atom. The van der Waals surface area contributed by atoms with Crippen molar-refractivity contribution in [2.24, 2.45) is 4.99 Å². The maximum atomic E-state index is 4.84. The molecule has 0 unspecified atom stereocenters. The first-order valence-corrected chi connectivity index (χ1v) is 15.4. The molecular weight excluding hydrogens is 289 g/mol. The van der Waals surface area contributed by atoms with Crippen molar-refractivity contribution >= 4 is 27.8 Å². The average molecular weight is 310 g/mol. The van der Waals surface area contributed by atoms with E-state index in [0.717, 1.165) is 0 Å². The molecule has 1 nitrogen and oxygen atoms in total. The molecule has 0 amide bonds. The second kappa shape index (κ2) is 4.69. The van der Waals surface area contributed by atoms with Crippen LogP contribution >= 0.6 is 0 Å². The van der Waals surface area contributed by atoms with Crippen LogP contribution in [0.15, 0.2) is 23.2 Å². The summed E-state index contributed by atoms with van der Waals surface area (Å²) in [6, 6.07) is 6.37. The van der Waals surface area contributed by atoms with E-state index in [-0.39, 0.29) is 0 Å². The summed E-state index contributed by atoms with van der Waals surface area (Å²) >= 11 is -1.95. The molecule has 1 aromatic rings. The van der Waals surface area contributed by atoms with Crippen molar-refractivity contribution in [1.29, 1.82) is 0 Å². The predicted octanol–water partition coefficient (Wildman–Crippen LogP) is 4.27. The second-order valence-corrected chi connectivity index (χ2v) is 20.1. The number of aryl methyl sites for hydroxylation is 2. The molecule has 0 radical (unpaired) electrons. The van der Waals surface area contributed by atoms with Gasteiger partial charge in [0.1, 0.15) is 0 Å². The molecule has 0 saturated heterocycles. The van der Waals surface area contributed by atoms with Gasteiger partial charge in [-0.1, -0.05) is 0 Å². The van der Waals surface area contributed by atoms with E-state index < -0.39 is 18.4 Å². The van der Waals surface area contributed by atoms with Crippen LogP contribution < -0.4 is 0 Å². The van der Waals surface area contributed by atoms with Gasteiger partial charge in [0.2, 0.25) is 0 Å². The molecule has 0 aliphatic rings. The fraction of sp³-hybridized carbons (Fsp3) is 0.462. The Balaban J connectivity index is 3.19. The number of benzene rings is 1. The Morgan fingerprint density at radius 2 is 1.53 bits per heavy atom. The summed E-state index contributed by atoms with van der Waals surface area (Å²) in [5, 5.41) is 0. The predicted molar refractivity (Wildman–Crippen MR) is 72.0 cm³/mol. The summed E-state index contributed by atoms with van der Waals surface area (Å²) in [6.45, 7) is 6.47. The van der Waals surface area contributed by atoms with Crippen LogP contribution in [0.2, 0.25) is 14.8 Å². The van der Waals surface area contributed by atoms with E-state index in [1.807, 2.05) is 0 Å². The molecule has 0 N–H and O–H groups in total. The van der Waals surface area contributed by atoms with Crippen molar-refractivity contribution in [2.75, 3.05) is 0 Å². The van der Waals surface area contributed by atoms with Gasteiger partial charge in [-0.15, -0.1) is 0 Å². The van der Waals surface area contributed by atoms with E-state index in [9.17, 15) is 0 Å². The minimum atomic E-state index is -1.95. The minimum absolute atomic E-state index is 1.18. The fourth-order valence-corrected chi connectivity index (χ4v) is 2.59. The second-order valence-electron chi connectivity index (χ2n) is 5.19. The number of nitrogens with zero attached hydrogens (tertiary/aromatic N) is 1. The molecule has 0 aliphatic heterocycles. The number of hydrogen-bond acceptors (Lipinski definition) is 1. The monoisotopic (exact) mass is 311 g/mol. The van der Waals surface area contributed by atoms with Crippen molar-refractivity contribution in [2.45, 2.75) is 35.6 Å². The van der Waals surface area contributed by atoms with Crippen LogP contribution in [0.4, 0.5) is 5.69 Å². The number of aliphatic imine (C=N–C) groups is 1. The first-order valence-electron chi connectivity index (χ1n) is 5.44. The Labute approximate surface area is 97.5 Å². The van der Waals surface area contributed by atoms with Crippen LogP contribution in [0.25, 0.3) is 0 Å². The van der Waals surface area contributed by atoms with Gasteiger partial charge in [-0.05, 0) is 0 Å². The van der Waals surface area contributed by atoms with Crippen molar-refractivity contribution < 1.29 is 0 Å². The molecule has 0 spiro atoms. The van der Waals surface area contributed by atoms with E-state index in [2.05, 4.69) is 53.8 Å². The Kier molecular flexibility index (Phi) is 3.98. The van der Waals surface area contributed by atoms with Gasteiger partial charge < -0.3 is 0 Å². The first-order chi connectivity index (χ1) is 6.82. The third-order valence-corrected chi connectivity index (χ3v) is 9.32. The molecule has 0 heterocycles. The molecule has 0 aromatic heterocycles. The summed E-state index contributed by atoms with van der Waals surface area (Å²) in [6.07, 6.45) is 0. The standard InChI is InChI=1S/C10H12N.3CH3.Sn/c1-4-11-10-8(2)6-5-7-9(10)3;;;;/h5-7H,1-3H3;3*1H3;. The van der Waals surface area contributed by atoms with Gasteiger partial charge in [-0.2, -0.15) is 0 Å². The molecular formula is C13H21NSn. The quantitative estimate of drug-likeness (QED) is 0.571. The van der Waals surface area contributed by atoms with Gasteiger partial charge in [0.05, 0.1) is 0 Å². The number of hydrogen-bond donors (Lipinski definition) is 0. The summed E-state index contributed by atoms with van der Waals surface area (Å²) in [5.74, 6) is 0. The van der Waals surface area contributed by atoms with Crippen molar-refractivity contribution in [3.8, 4) is 0 Å². The molecule has 1 aromatic carbocycles. The van der Waals surface area contributed by atoms with Crippen molar-refractivity contribution in [1.82, 2.24) is 0 Å². The molecule has 2 heteroatoms. The van der Waals surface area contributed by atoms with Gasteiger partial charge in [-0.3, -0.25) is 0 Å².